The molecule has 0 radical (unpaired) electrons. The zero-order valence-corrected chi connectivity index (χ0v) is 20.7. The maximum atomic E-state index is 14.9. The Morgan fingerprint density at radius 3 is 2.61 bits per heavy atom. The molecule has 3 heterocycles. The average molecular weight is 488 g/mol. The summed E-state index contributed by atoms with van der Waals surface area (Å²) in [5.74, 6) is 5.73. The molecular weight excluding hydrogens is 457 g/mol. The Labute approximate surface area is 210 Å². The van der Waals surface area contributed by atoms with Crippen LogP contribution in [0.4, 0.5) is 10.2 Å². The third kappa shape index (κ3) is 5.54. The van der Waals surface area contributed by atoms with Crippen LogP contribution >= 0.6 is 0 Å². The molecule has 3 aromatic rings. The van der Waals surface area contributed by atoms with Crippen molar-refractivity contribution in [1.29, 1.82) is 0 Å². The minimum absolute atomic E-state index is 0.0177. The molecular formula is C28H30FN5O2. The van der Waals surface area contributed by atoms with Crippen molar-refractivity contribution in [2.24, 2.45) is 0 Å². The molecule has 0 spiro atoms. The number of piperidine rings is 1. The van der Waals surface area contributed by atoms with E-state index in [9.17, 15) is 14.3 Å². The van der Waals surface area contributed by atoms with E-state index >= 15 is 0 Å². The van der Waals surface area contributed by atoms with Crippen LogP contribution in [0.3, 0.4) is 0 Å². The molecule has 8 heteroatoms. The molecule has 186 valence electrons. The van der Waals surface area contributed by atoms with E-state index < -0.39 is 12.0 Å². The number of aliphatic hydroxyl groups is 1. The van der Waals surface area contributed by atoms with Crippen LogP contribution in [-0.4, -0.2) is 63.2 Å². The normalized spacial score (nSPS) is 15.1. The second-order valence-electron chi connectivity index (χ2n) is 9.05. The summed E-state index contributed by atoms with van der Waals surface area (Å²) in [7, 11) is 1.71. The molecule has 0 bridgehead atoms. The van der Waals surface area contributed by atoms with E-state index in [4.69, 9.17) is 5.73 Å². The van der Waals surface area contributed by atoms with Crippen LogP contribution in [0.25, 0.3) is 11.1 Å². The van der Waals surface area contributed by atoms with Gasteiger partial charge in [0.2, 0.25) is 0 Å². The molecule has 1 unspecified atom stereocenters. The van der Waals surface area contributed by atoms with E-state index in [1.54, 1.807) is 55.5 Å². The van der Waals surface area contributed by atoms with Gasteiger partial charge in [0.05, 0.1) is 16.8 Å². The van der Waals surface area contributed by atoms with Gasteiger partial charge in [0.1, 0.15) is 17.9 Å². The fourth-order valence-corrected chi connectivity index (χ4v) is 4.44. The van der Waals surface area contributed by atoms with Gasteiger partial charge in [-0.25, -0.2) is 9.37 Å². The molecule has 1 atom stereocenters. The number of amides is 1. The number of hydrogen-bond donors (Lipinski definition) is 2. The van der Waals surface area contributed by atoms with Crippen molar-refractivity contribution < 1.29 is 14.3 Å². The van der Waals surface area contributed by atoms with Gasteiger partial charge in [-0.3, -0.25) is 14.7 Å². The fourth-order valence-electron chi connectivity index (χ4n) is 4.44. The van der Waals surface area contributed by atoms with Gasteiger partial charge in [-0.15, -0.1) is 0 Å². The first-order valence-electron chi connectivity index (χ1n) is 11.9. The second-order valence-corrected chi connectivity index (χ2v) is 9.05. The molecule has 1 fully saturated rings. The van der Waals surface area contributed by atoms with Gasteiger partial charge in [0.15, 0.2) is 0 Å². The van der Waals surface area contributed by atoms with E-state index in [-0.39, 0.29) is 17.5 Å². The number of aromatic nitrogens is 2. The number of aryl methyl sites for hydroxylation is 1. The van der Waals surface area contributed by atoms with Crippen LogP contribution in [0.15, 0.2) is 48.8 Å². The zero-order valence-electron chi connectivity index (χ0n) is 20.7. The predicted octanol–water partition coefficient (Wildman–Crippen LogP) is 3.45. The standard InChI is InChI=1S/C28H30FN5O2/c1-18-23(7-4-20-5-9-27(30)32-17-20)24(10-13-31-18)21-6-8-26(29)25(16-21)28(36)33(3)22-11-14-34(15-12-22)19(2)35/h5-6,8-10,13,16-17,19,22,35H,11-12,14-15H2,1-3H3,(H2,30,32). The molecule has 1 aliphatic rings. The van der Waals surface area contributed by atoms with E-state index in [0.717, 1.165) is 24.1 Å². The number of carbonyl (C=O) groups is 1. The summed E-state index contributed by atoms with van der Waals surface area (Å²) >= 11 is 0. The Morgan fingerprint density at radius 1 is 1.19 bits per heavy atom. The summed E-state index contributed by atoms with van der Waals surface area (Å²) in [6, 6.07) is 9.83. The lowest BCUT2D eigenvalue weighted by atomic mass is 9.96. The van der Waals surface area contributed by atoms with Gasteiger partial charge in [-0.1, -0.05) is 17.9 Å². The lowest BCUT2D eigenvalue weighted by Crippen LogP contribution is -2.48. The highest BCUT2D eigenvalue weighted by atomic mass is 19.1. The Bertz CT molecular complexity index is 1310. The summed E-state index contributed by atoms with van der Waals surface area (Å²) in [5, 5.41) is 9.79. The summed E-state index contributed by atoms with van der Waals surface area (Å²) in [6.45, 7) is 4.97. The van der Waals surface area contributed by atoms with Crippen LogP contribution in [-0.2, 0) is 0 Å². The molecule has 0 aliphatic carbocycles. The van der Waals surface area contributed by atoms with Crippen molar-refractivity contribution in [3.8, 4) is 23.0 Å². The van der Waals surface area contributed by atoms with Gasteiger partial charge in [-0.05, 0) is 62.6 Å². The Morgan fingerprint density at radius 2 is 1.94 bits per heavy atom. The molecule has 36 heavy (non-hydrogen) atoms. The number of anilines is 1. The molecule has 7 nitrogen and oxygen atoms in total. The SMILES string of the molecule is Cc1nccc(-c2ccc(F)c(C(=O)N(C)C3CCN(C(C)O)CC3)c2)c1C#Cc1ccc(N)nc1. The molecule has 1 saturated heterocycles. The molecule has 1 amide bonds. The Kier molecular flexibility index (Phi) is 7.63. The topological polar surface area (TPSA) is 95.6 Å². The number of hydrogen-bond acceptors (Lipinski definition) is 6. The maximum Gasteiger partial charge on any atom is 0.256 e. The minimum Gasteiger partial charge on any atom is -0.384 e. The third-order valence-corrected chi connectivity index (χ3v) is 6.66. The van der Waals surface area contributed by atoms with Crippen LogP contribution in [0, 0.1) is 24.6 Å². The van der Waals surface area contributed by atoms with E-state index in [1.165, 1.54) is 6.07 Å². The van der Waals surface area contributed by atoms with Crippen molar-refractivity contribution in [3.63, 3.8) is 0 Å². The first-order valence-corrected chi connectivity index (χ1v) is 11.9. The first kappa shape index (κ1) is 25.3. The number of rotatable bonds is 4. The third-order valence-electron chi connectivity index (χ3n) is 6.66. The number of nitrogens with zero attached hydrogens (tertiary/aromatic N) is 4. The number of aliphatic hydroxyl groups excluding tert-OH is 1. The van der Waals surface area contributed by atoms with Gasteiger partial charge in [0, 0.05) is 49.7 Å². The van der Waals surface area contributed by atoms with Crippen molar-refractivity contribution in [2.75, 3.05) is 25.9 Å². The fraction of sp³-hybridized carbons (Fsp3) is 0.321. The molecule has 0 saturated carbocycles. The maximum absolute atomic E-state index is 14.9. The zero-order chi connectivity index (χ0) is 25.8. The summed E-state index contributed by atoms with van der Waals surface area (Å²) < 4.78 is 14.9. The summed E-state index contributed by atoms with van der Waals surface area (Å²) in [4.78, 5) is 25.3. The number of halogens is 1. The largest absolute Gasteiger partial charge is 0.384 e. The van der Waals surface area contributed by atoms with Crippen molar-refractivity contribution in [3.05, 3.63) is 77.0 Å². The Hall–Kier alpha value is -3.80. The molecule has 1 aliphatic heterocycles. The number of carbonyl (C=O) groups excluding carboxylic acids is 1. The highest BCUT2D eigenvalue weighted by Crippen LogP contribution is 2.28. The van der Waals surface area contributed by atoms with Crippen molar-refractivity contribution in [2.45, 2.75) is 39.0 Å². The summed E-state index contributed by atoms with van der Waals surface area (Å²) in [5.41, 5.74) is 9.24. The molecule has 3 N–H and O–H groups in total. The highest BCUT2D eigenvalue weighted by molar-refractivity contribution is 5.96. The van der Waals surface area contributed by atoms with E-state index in [0.29, 0.717) is 35.6 Å². The van der Waals surface area contributed by atoms with Crippen LogP contribution in [0.5, 0.6) is 0 Å². The van der Waals surface area contributed by atoms with Gasteiger partial charge >= 0.3 is 0 Å². The van der Waals surface area contributed by atoms with Crippen molar-refractivity contribution >= 4 is 11.7 Å². The Balaban J connectivity index is 1.62. The monoisotopic (exact) mass is 487 g/mol. The minimum atomic E-state index is -0.566. The second kappa shape index (κ2) is 10.9. The molecule has 1 aromatic carbocycles. The van der Waals surface area contributed by atoms with Crippen molar-refractivity contribution in [1.82, 2.24) is 19.8 Å². The predicted molar refractivity (Wildman–Crippen MR) is 137 cm³/mol. The number of nitrogen functional groups attached to an aromatic ring is 1. The van der Waals surface area contributed by atoms with Gasteiger partial charge in [-0.2, -0.15) is 0 Å². The smallest absolute Gasteiger partial charge is 0.256 e. The van der Waals surface area contributed by atoms with Crippen LogP contribution < -0.4 is 5.73 Å². The van der Waals surface area contributed by atoms with E-state index in [2.05, 4.69) is 21.8 Å². The quantitative estimate of drug-likeness (QED) is 0.548. The van der Waals surface area contributed by atoms with Gasteiger partial charge < -0.3 is 15.7 Å². The van der Waals surface area contributed by atoms with E-state index in [1.807, 2.05) is 17.9 Å². The first-order chi connectivity index (χ1) is 17.2. The number of nitrogens with two attached hydrogens (primary N) is 1. The van der Waals surface area contributed by atoms with Crippen LogP contribution in [0.2, 0.25) is 0 Å². The summed E-state index contributed by atoms with van der Waals surface area (Å²) in [6.07, 6.45) is 4.20. The number of likely N-dealkylation sites (tertiary alicyclic amines) is 1. The molecule has 4 rings (SSSR count). The average Bonchev–Trinajstić information content (AvgIpc) is 2.88. The lowest BCUT2D eigenvalue weighted by Gasteiger charge is -2.38. The number of pyridine rings is 2. The molecule has 2 aromatic heterocycles. The van der Waals surface area contributed by atoms with Crippen LogP contribution in [0.1, 0.15) is 46.9 Å². The lowest BCUT2D eigenvalue weighted by molar-refractivity contribution is -0.00806. The highest BCUT2D eigenvalue weighted by Gasteiger charge is 2.28. The number of benzene rings is 1. The van der Waals surface area contributed by atoms with Gasteiger partial charge in [0.25, 0.3) is 5.91 Å².